The first-order valence-corrected chi connectivity index (χ1v) is 7.96. The highest BCUT2D eigenvalue weighted by molar-refractivity contribution is 5.78. The van der Waals surface area contributed by atoms with E-state index in [0.717, 1.165) is 25.9 Å². The van der Waals surface area contributed by atoms with Crippen LogP contribution in [0.3, 0.4) is 0 Å². The number of likely N-dealkylation sites (N-methyl/N-ethyl adjacent to an activating group) is 1. The molecule has 0 aromatic carbocycles. The Morgan fingerprint density at radius 1 is 1.33 bits per heavy atom. The number of carboxylic acids is 1. The van der Waals surface area contributed by atoms with Gasteiger partial charge in [0.05, 0.1) is 5.41 Å². The summed E-state index contributed by atoms with van der Waals surface area (Å²) in [6.45, 7) is 7.60. The number of piperidine rings is 1. The molecule has 2 aliphatic rings. The highest BCUT2D eigenvalue weighted by Gasteiger charge is 2.39. The normalized spacial score (nSPS) is 30.4. The third-order valence-electron chi connectivity index (χ3n) is 4.89. The fourth-order valence-electron chi connectivity index (χ4n) is 3.45. The molecule has 0 bridgehead atoms. The second-order valence-electron chi connectivity index (χ2n) is 6.50. The number of hydrogen-bond acceptors (Lipinski definition) is 3. The molecule has 2 atom stereocenters. The van der Waals surface area contributed by atoms with Gasteiger partial charge < -0.3 is 15.3 Å². The van der Waals surface area contributed by atoms with Gasteiger partial charge in [0.1, 0.15) is 0 Å². The summed E-state index contributed by atoms with van der Waals surface area (Å²) in [5.41, 5.74) is -0.807. The molecular formula is C15H27N3O3. The lowest BCUT2D eigenvalue weighted by Gasteiger charge is -2.37. The Morgan fingerprint density at radius 3 is 2.76 bits per heavy atom. The quantitative estimate of drug-likeness (QED) is 0.822. The van der Waals surface area contributed by atoms with Crippen molar-refractivity contribution in [3.63, 3.8) is 0 Å². The van der Waals surface area contributed by atoms with E-state index in [2.05, 4.69) is 17.1 Å². The lowest BCUT2D eigenvalue weighted by molar-refractivity contribution is -0.150. The standard InChI is InChI=1S/C15H27N3O3/c1-3-17-8-4-6-12(17)10-16-14(21)18-9-5-7-15(2,11-18)13(19)20/h12H,3-11H2,1-2H3,(H,16,21)(H,19,20). The van der Waals surface area contributed by atoms with Crippen LogP contribution in [0, 0.1) is 5.41 Å². The van der Waals surface area contributed by atoms with E-state index in [-0.39, 0.29) is 6.03 Å². The molecule has 2 unspecified atom stereocenters. The highest BCUT2D eigenvalue weighted by Crippen LogP contribution is 2.29. The Labute approximate surface area is 126 Å². The van der Waals surface area contributed by atoms with E-state index in [1.807, 2.05) is 0 Å². The minimum Gasteiger partial charge on any atom is -0.481 e. The van der Waals surface area contributed by atoms with E-state index in [0.29, 0.717) is 32.1 Å². The van der Waals surface area contributed by atoms with Crippen LogP contribution >= 0.6 is 0 Å². The summed E-state index contributed by atoms with van der Waals surface area (Å²) in [4.78, 5) is 27.6. The average Bonchev–Trinajstić information content (AvgIpc) is 2.92. The van der Waals surface area contributed by atoms with Gasteiger partial charge >= 0.3 is 12.0 Å². The van der Waals surface area contributed by atoms with Gasteiger partial charge in [-0.05, 0) is 45.7 Å². The van der Waals surface area contributed by atoms with Crippen LogP contribution in [0.5, 0.6) is 0 Å². The van der Waals surface area contributed by atoms with Crippen LogP contribution in [0.4, 0.5) is 4.79 Å². The number of amides is 2. The first-order chi connectivity index (χ1) is 9.96. The Bertz CT molecular complexity index is 402. The molecule has 2 fully saturated rings. The molecule has 6 nitrogen and oxygen atoms in total. The number of nitrogens with one attached hydrogen (secondary N) is 1. The maximum Gasteiger partial charge on any atom is 0.317 e. The lowest BCUT2D eigenvalue weighted by atomic mass is 9.82. The molecule has 0 spiro atoms. The Kier molecular flexibility index (Phi) is 5.08. The van der Waals surface area contributed by atoms with E-state index in [4.69, 9.17) is 0 Å². The van der Waals surface area contributed by atoms with Crippen LogP contribution in [-0.4, -0.2) is 65.7 Å². The Morgan fingerprint density at radius 2 is 2.10 bits per heavy atom. The number of hydrogen-bond donors (Lipinski definition) is 2. The van der Waals surface area contributed by atoms with Gasteiger partial charge in [0, 0.05) is 25.7 Å². The second-order valence-corrected chi connectivity index (χ2v) is 6.50. The summed E-state index contributed by atoms with van der Waals surface area (Å²) >= 11 is 0. The minimum absolute atomic E-state index is 0.120. The van der Waals surface area contributed by atoms with Gasteiger partial charge in [-0.3, -0.25) is 9.69 Å². The maximum absolute atomic E-state index is 12.3. The van der Waals surface area contributed by atoms with Crippen LogP contribution in [0.1, 0.15) is 39.5 Å². The molecule has 0 aliphatic carbocycles. The first kappa shape index (κ1) is 16.1. The zero-order chi connectivity index (χ0) is 15.5. The van der Waals surface area contributed by atoms with E-state index in [9.17, 15) is 14.7 Å². The number of carbonyl (C=O) groups excluding carboxylic acids is 1. The monoisotopic (exact) mass is 297 g/mol. The number of carbonyl (C=O) groups is 2. The van der Waals surface area contributed by atoms with Crippen molar-refractivity contribution in [2.24, 2.45) is 5.41 Å². The van der Waals surface area contributed by atoms with Crippen molar-refractivity contribution < 1.29 is 14.7 Å². The van der Waals surface area contributed by atoms with Gasteiger partial charge in [0.15, 0.2) is 0 Å². The van der Waals surface area contributed by atoms with Crippen LogP contribution in [-0.2, 0) is 4.79 Å². The topological polar surface area (TPSA) is 72.9 Å². The first-order valence-electron chi connectivity index (χ1n) is 7.96. The van der Waals surface area contributed by atoms with Crippen LogP contribution in [0.15, 0.2) is 0 Å². The predicted octanol–water partition coefficient (Wildman–Crippen LogP) is 1.37. The molecular weight excluding hydrogens is 270 g/mol. The van der Waals surface area contributed by atoms with Crippen LogP contribution < -0.4 is 5.32 Å². The number of likely N-dealkylation sites (tertiary alicyclic amines) is 2. The molecule has 0 saturated carbocycles. The molecule has 2 rings (SSSR count). The van der Waals surface area contributed by atoms with E-state index >= 15 is 0 Å². The molecule has 2 N–H and O–H groups in total. The summed E-state index contributed by atoms with van der Waals surface area (Å²) in [7, 11) is 0. The number of nitrogens with zero attached hydrogens (tertiary/aromatic N) is 2. The van der Waals surface area contributed by atoms with Gasteiger partial charge in [-0.1, -0.05) is 6.92 Å². The van der Waals surface area contributed by atoms with Crippen molar-refractivity contribution in [3.8, 4) is 0 Å². The summed E-state index contributed by atoms with van der Waals surface area (Å²) in [6.07, 6.45) is 3.70. The fourth-order valence-corrected chi connectivity index (χ4v) is 3.45. The van der Waals surface area contributed by atoms with Gasteiger partial charge in [0.2, 0.25) is 0 Å². The van der Waals surface area contributed by atoms with Crippen LogP contribution in [0.25, 0.3) is 0 Å². The summed E-state index contributed by atoms with van der Waals surface area (Å²) in [6, 6.07) is 0.305. The van der Waals surface area contributed by atoms with E-state index < -0.39 is 11.4 Å². The third kappa shape index (κ3) is 3.67. The number of rotatable bonds is 4. The number of aliphatic carboxylic acids is 1. The summed E-state index contributed by atoms with van der Waals surface area (Å²) in [5.74, 6) is -0.812. The van der Waals surface area contributed by atoms with Gasteiger partial charge in [0.25, 0.3) is 0 Å². The molecule has 2 saturated heterocycles. The molecule has 120 valence electrons. The van der Waals surface area contributed by atoms with Crippen molar-refractivity contribution in [1.29, 1.82) is 0 Å². The fraction of sp³-hybridized carbons (Fsp3) is 0.867. The minimum atomic E-state index is -0.812. The van der Waals surface area contributed by atoms with E-state index in [1.54, 1.807) is 11.8 Å². The van der Waals surface area contributed by atoms with Gasteiger partial charge in [-0.25, -0.2) is 4.79 Å². The number of urea groups is 1. The summed E-state index contributed by atoms with van der Waals surface area (Å²) < 4.78 is 0. The molecule has 2 heterocycles. The van der Waals surface area contributed by atoms with Gasteiger partial charge in [-0.2, -0.15) is 0 Å². The van der Waals surface area contributed by atoms with Crippen molar-refractivity contribution in [2.75, 3.05) is 32.7 Å². The van der Waals surface area contributed by atoms with Crippen molar-refractivity contribution in [1.82, 2.24) is 15.1 Å². The SMILES string of the molecule is CCN1CCCC1CNC(=O)N1CCCC(C)(C(=O)O)C1. The molecule has 2 aliphatic heterocycles. The van der Waals surface area contributed by atoms with Crippen molar-refractivity contribution >= 4 is 12.0 Å². The van der Waals surface area contributed by atoms with E-state index in [1.165, 1.54) is 6.42 Å². The number of carboxylic acid groups (broad SMARTS) is 1. The Balaban J connectivity index is 1.84. The van der Waals surface area contributed by atoms with Crippen molar-refractivity contribution in [2.45, 2.75) is 45.6 Å². The third-order valence-corrected chi connectivity index (χ3v) is 4.89. The second kappa shape index (κ2) is 6.64. The van der Waals surface area contributed by atoms with Gasteiger partial charge in [-0.15, -0.1) is 0 Å². The zero-order valence-electron chi connectivity index (χ0n) is 13.1. The molecule has 0 radical (unpaired) electrons. The smallest absolute Gasteiger partial charge is 0.317 e. The highest BCUT2D eigenvalue weighted by atomic mass is 16.4. The van der Waals surface area contributed by atoms with Crippen LogP contribution in [0.2, 0.25) is 0 Å². The maximum atomic E-state index is 12.3. The molecule has 6 heteroatoms. The molecule has 21 heavy (non-hydrogen) atoms. The lowest BCUT2D eigenvalue weighted by Crippen LogP contribution is -2.53. The summed E-state index contributed by atoms with van der Waals surface area (Å²) in [5, 5.41) is 12.3. The zero-order valence-corrected chi connectivity index (χ0v) is 13.1. The largest absolute Gasteiger partial charge is 0.481 e. The molecule has 2 amide bonds. The average molecular weight is 297 g/mol. The molecule has 0 aromatic rings. The molecule has 0 aromatic heterocycles. The van der Waals surface area contributed by atoms with Crippen molar-refractivity contribution in [3.05, 3.63) is 0 Å². The predicted molar refractivity (Wildman–Crippen MR) is 80.2 cm³/mol. The Hall–Kier alpha value is -1.30.